The molecule has 1 aliphatic rings. The molecule has 3 rings (SSSR count). The van der Waals surface area contributed by atoms with Gasteiger partial charge in [0.2, 0.25) is 15.9 Å². The summed E-state index contributed by atoms with van der Waals surface area (Å²) in [4.78, 5) is 11.8. The zero-order valence-corrected chi connectivity index (χ0v) is 18.7. The summed E-state index contributed by atoms with van der Waals surface area (Å²) in [6, 6.07) is 13.7. The van der Waals surface area contributed by atoms with Crippen molar-refractivity contribution in [1.29, 1.82) is 0 Å². The van der Waals surface area contributed by atoms with Crippen molar-refractivity contribution in [2.45, 2.75) is 25.0 Å². The van der Waals surface area contributed by atoms with Crippen LogP contribution in [0.4, 0.5) is 0 Å². The second-order valence-corrected chi connectivity index (χ2v) is 10.6. The van der Waals surface area contributed by atoms with Gasteiger partial charge in [-0.1, -0.05) is 41.4 Å². The van der Waals surface area contributed by atoms with Crippen LogP contribution in [0.5, 0.6) is 5.75 Å². The summed E-state index contributed by atoms with van der Waals surface area (Å²) in [5, 5.41) is 1.02. The second-order valence-electron chi connectivity index (χ2n) is 7.71. The van der Waals surface area contributed by atoms with Crippen LogP contribution in [0.1, 0.15) is 24.8 Å². The first-order valence-electron chi connectivity index (χ1n) is 9.56. The fourth-order valence-electron chi connectivity index (χ4n) is 3.80. The van der Waals surface area contributed by atoms with Crippen LogP contribution < -0.4 is 10.5 Å². The third kappa shape index (κ3) is 6.11. The molecule has 162 valence electrons. The van der Waals surface area contributed by atoms with Crippen molar-refractivity contribution in [3.8, 4) is 5.75 Å². The Labute approximate surface area is 187 Å². The summed E-state index contributed by atoms with van der Waals surface area (Å²) in [6.45, 7) is 0.722. The fraction of sp³-hybridized carbons (Fsp3) is 0.381. The van der Waals surface area contributed by atoms with Crippen LogP contribution in [-0.4, -0.2) is 38.3 Å². The van der Waals surface area contributed by atoms with Gasteiger partial charge >= 0.3 is 0 Å². The van der Waals surface area contributed by atoms with Crippen LogP contribution in [-0.2, 0) is 20.6 Å². The first-order chi connectivity index (χ1) is 14.2. The maximum atomic E-state index is 13.1. The van der Waals surface area contributed by atoms with E-state index in [0.717, 1.165) is 0 Å². The number of halogens is 2. The van der Waals surface area contributed by atoms with Crippen LogP contribution in [0.15, 0.2) is 48.5 Å². The summed E-state index contributed by atoms with van der Waals surface area (Å²) in [7, 11) is -3.60. The molecule has 0 saturated carbocycles. The van der Waals surface area contributed by atoms with E-state index in [1.165, 1.54) is 4.31 Å². The molecule has 1 fully saturated rings. The average Bonchev–Trinajstić information content (AvgIpc) is 2.66. The molecule has 0 aromatic heterocycles. The van der Waals surface area contributed by atoms with Gasteiger partial charge in [-0.05, 0) is 48.7 Å². The summed E-state index contributed by atoms with van der Waals surface area (Å²) in [6.07, 6.45) is 1.29. The Kier molecular flexibility index (Phi) is 7.29. The maximum Gasteiger partial charge on any atom is 0.218 e. The zero-order chi connectivity index (χ0) is 21.8. The highest BCUT2D eigenvalue weighted by atomic mass is 35.5. The number of piperidine rings is 1. The van der Waals surface area contributed by atoms with E-state index in [1.807, 2.05) is 0 Å². The number of primary amides is 1. The second kappa shape index (κ2) is 9.56. The van der Waals surface area contributed by atoms with Gasteiger partial charge in [-0.25, -0.2) is 12.7 Å². The molecule has 2 N–H and O–H groups in total. The van der Waals surface area contributed by atoms with Crippen molar-refractivity contribution in [2.75, 3.05) is 19.7 Å². The van der Waals surface area contributed by atoms with Crippen LogP contribution in [0, 0.1) is 5.41 Å². The van der Waals surface area contributed by atoms with Crippen molar-refractivity contribution >= 4 is 39.1 Å². The topological polar surface area (TPSA) is 89.7 Å². The lowest BCUT2D eigenvalue weighted by molar-refractivity contribution is -0.121. The van der Waals surface area contributed by atoms with E-state index in [-0.39, 0.29) is 25.3 Å². The Morgan fingerprint density at radius 3 is 2.50 bits per heavy atom. The van der Waals surface area contributed by atoms with Crippen LogP contribution >= 0.6 is 23.2 Å². The van der Waals surface area contributed by atoms with Crippen molar-refractivity contribution in [3.63, 3.8) is 0 Å². The maximum absolute atomic E-state index is 13.1. The number of nitrogens with zero attached hydrogens (tertiary/aromatic N) is 1. The van der Waals surface area contributed by atoms with E-state index >= 15 is 0 Å². The predicted octanol–water partition coefficient (Wildman–Crippen LogP) is 3.86. The average molecular weight is 471 g/mol. The lowest BCUT2D eigenvalue weighted by atomic mass is 9.78. The summed E-state index contributed by atoms with van der Waals surface area (Å²) in [5.41, 5.74) is 5.41. The number of sulfonamides is 1. The molecule has 0 unspecified atom stereocenters. The highest BCUT2D eigenvalue weighted by molar-refractivity contribution is 7.88. The molecular weight excluding hydrogens is 447 g/mol. The molecule has 2 aromatic rings. The predicted molar refractivity (Wildman–Crippen MR) is 118 cm³/mol. The van der Waals surface area contributed by atoms with E-state index < -0.39 is 21.3 Å². The number of benzene rings is 2. The number of amides is 1. The van der Waals surface area contributed by atoms with Gasteiger partial charge in [0.15, 0.2) is 0 Å². The molecule has 1 saturated heterocycles. The Hall–Kier alpha value is -1.80. The van der Waals surface area contributed by atoms with E-state index in [2.05, 4.69) is 0 Å². The van der Waals surface area contributed by atoms with Crippen molar-refractivity contribution in [1.82, 2.24) is 4.31 Å². The number of carbonyl (C=O) groups is 1. The van der Waals surface area contributed by atoms with Gasteiger partial charge < -0.3 is 10.5 Å². The molecule has 1 atom stereocenters. The van der Waals surface area contributed by atoms with Gasteiger partial charge in [-0.15, -0.1) is 0 Å². The van der Waals surface area contributed by atoms with Crippen LogP contribution in [0.2, 0.25) is 10.0 Å². The first kappa shape index (κ1) is 22.9. The van der Waals surface area contributed by atoms with E-state index in [9.17, 15) is 13.2 Å². The van der Waals surface area contributed by atoms with Gasteiger partial charge in [0.05, 0.1) is 12.4 Å². The van der Waals surface area contributed by atoms with Gasteiger partial charge in [0.1, 0.15) is 5.75 Å². The largest absolute Gasteiger partial charge is 0.493 e. The van der Waals surface area contributed by atoms with Gasteiger partial charge in [-0.2, -0.15) is 0 Å². The normalized spacial score (nSPS) is 20.1. The van der Waals surface area contributed by atoms with Gasteiger partial charge in [0.25, 0.3) is 0 Å². The zero-order valence-electron chi connectivity index (χ0n) is 16.4. The standard InChI is InChI=1S/C21H24Cl2N2O4S/c22-17-5-1-4-16(10-17)13-30(27,28)25-9-3-8-21(14-25,12-20(24)26)15-29-19-7-2-6-18(23)11-19/h1-2,4-7,10-11H,3,8-9,12-15H2,(H2,24,26)/t21-/m1/s1. The van der Waals surface area contributed by atoms with Gasteiger partial charge in [-0.3, -0.25) is 4.79 Å². The molecule has 1 heterocycles. The number of rotatable bonds is 8. The number of carbonyl (C=O) groups excluding carboxylic acids is 1. The fourth-order valence-corrected chi connectivity index (χ4v) is 5.86. The molecule has 30 heavy (non-hydrogen) atoms. The van der Waals surface area contributed by atoms with Crippen LogP contribution in [0.25, 0.3) is 0 Å². The van der Waals surface area contributed by atoms with Crippen molar-refractivity contribution in [2.24, 2.45) is 11.1 Å². The Balaban J connectivity index is 1.78. The van der Waals surface area contributed by atoms with E-state index in [1.54, 1.807) is 48.5 Å². The summed E-state index contributed by atoms with van der Waals surface area (Å²) >= 11 is 12.0. The Morgan fingerprint density at radius 1 is 1.13 bits per heavy atom. The molecular formula is C21H24Cl2N2O4S. The van der Waals surface area contributed by atoms with Crippen molar-refractivity contribution in [3.05, 3.63) is 64.1 Å². The smallest absolute Gasteiger partial charge is 0.218 e. The van der Waals surface area contributed by atoms with E-state index in [0.29, 0.717) is 40.7 Å². The molecule has 0 radical (unpaired) electrons. The third-order valence-electron chi connectivity index (χ3n) is 5.15. The lowest BCUT2D eigenvalue weighted by Gasteiger charge is -2.41. The van der Waals surface area contributed by atoms with Gasteiger partial charge in [0, 0.05) is 35.0 Å². The number of ether oxygens (including phenoxy) is 1. The molecule has 0 aliphatic carbocycles. The molecule has 1 amide bonds. The Bertz CT molecular complexity index is 1020. The van der Waals surface area contributed by atoms with E-state index in [4.69, 9.17) is 33.7 Å². The molecule has 6 nitrogen and oxygen atoms in total. The molecule has 1 aliphatic heterocycles. The number of hydrogen-bond acceptors (Lipinski definition) is 4. The van der Waals surface area contributed by atoms with Crippen molar-refractivity contribution < 1.29 is 17.9 Å². The minimum Gasteiger partial charge on any atom is -0.493 e. The third-order valence-corrected chi connectivity index (χ3v) is 7.41. The first-order valence-corrected chi connectivity index (χ1v) is 11.9. The minimum absolute atomic E-state index is 0.0384. The molecule has 0 spiro atoms. The summed E-state index contributed by atoms with van der Waals surface area (Å²) < 4.78 is 33.5. The minimum atomic E-state index is -3.60. The highest BCUT2D eigenvalue weighted by Gasteiger charge is 2.41. The highest BCUT2D eigenvalue weighted by Crippen LogP contribution is 2.36. The molecule has 0 bridgehead atoms. The number of hydrogen-bond donors (Lipinski definition) is 1. The summed E-state index contributed by atoms with van der Waals surface area (Å²) in [5.74, 6) is -0.0842. The Morgan fingerprint density at radius 2 is 1.83 bits per heavy atom. The monoisotopic (exact) mass is 470 g/mol. The molecule has 9 heteroatoms. The SMILES string of the molecule is NC(=O)C[C@]1(COc2cccc(Cl)c2)CCCN(S(=O)(=O)Cc2cccc(Cl)c2)C1. The molecule has 2 aromatic carbocycles. The quantitative estimate of drug-likeness (QED) is 0.633. The number of nitrogens with two attached hydrogens (primary N) is 1. The van der Waals surface area contributed by atoms with Crippen LogP contribution in [0.3, 0.4) is 0 Å². The lowest BCUT2D eigenvalue weighted by Crippen LogP contribution is -2.50.